The van der Waals surface area contributed by atoms with Gasteiger partial charge in [-0.25, -0.2) is 0 Å². The fraction of sp³-hybridized carbons (Fsp3) is 0.933. The van der Waals surface area contributed by atoms with E-state index in [1.54, 1.807) is 0 Å². The Balaban J connectivity index is 1.47. The first-order chi connectivity index (χ1) is 9.75. The van der Waals surface area contributed by atoms with Crippen LogP contribution in [0.5, 0.6) is 0 Å². The van der Waals surface area contributed by atoms with Crippen LogP contribution in [-0.4, -0.2) is 86.6 Å². The Labute approximate surface area is 123 Å². The molecule has 20 heavy (non-hydrogen) atoms. The van der Waals surface area contributed by atoms with E-state index in [1.807, 2.05) is 4.90 Å². The number of piperazine rings is 1. The van der Waals surface area contributed by atoms with Gasteiger partial charge >= 0.3 is 0 Å². The lowest BCUT2D eigenvalue weighted by Crippen LogP contribution is -2.46. The fourth-order valence-electron chi connectivity index (χ4n) is 2.93. The van der Waals surface area contributed by atoms with Crippen LogP contribution in [0.2, 0.25) is 0 Å². The van der Waals surface area contributed by atoms with Crippen LogP contribution in [0, 0.1) is 0 Å². The van der Waals surface area contributed by atoms with Crippen molar-refractivity contribution in [1.82, 2.24) is 20.0 Å². The Morgan fingerprint density at radius 2 is 1.65 bits per heavy atom. The summed E-state index contributed by atoms with van der Waals surface area (Å²) in [6.45, 7) is 9.56. The predicted octanol–water partition coefficient (Wildman–Crippen LogP) is 0.226. The predicted molar refractivity (Wildman–Crippen MR) is 81.9 cm³/mol. The number of hydrogen-bond acceptors (Lipinski definition) is 4. The zero-order valence-corrected chi connectivity index (χ0v) is 12.9. The highest BCUT2D eigenvalue weighted by Gasteiger charge is 2.16. The lowest BCUT2D eigenvalue weighted by molar-refractivity contribution is -0.131. The molecule has 2 saturated heterocycles. The number of nitrogens with zero attached hydrogens (tertiary/aromatic N) is 3. The average molecular weight is 282 g/mol. The smallest absolute Gasteiger partial charge is 0.223 e. The zero-order chi connectivity index (χ0) is 14.2. The van der Waals surface area contributed by atoms with E-state index >= 15 is 0 Å². The van der Waals surface area contributed by atoms with Gasteiger partial charge in [0.25, 0.3) is 0 Å². The van der Waals surface area contributed by atoms with Crippen molar-refractivity contribution in [2.24, 2.45) is 0 Å². The third-order valence-corrected chi connectivity index (χ3v) is 4.43. The molecule has 0 aromatic heterocycles. The maximum absolute atomic E-state index is 12.0. The first-order valence-corrected chi connectivity index (χ1v) is 8.15. The Morgan fingerprint density at radius 1 is 0.950 bits per heavy atom. The van der Waals surface area contributed by atoms with Crippen molar-refractivity contribution in [1.29, 1.82) is 0 Å². The van der Waals surface area contributed by atoms with Gasteiger partial charge in [-0.2, -0.15) is 0 Å². The quantitative estimate of drug-likeness (QED) is 0.708. The molecule has 5 nitrogen and oxygen atoms in total. The molecular formula is C15H30N4O. The van der Waals surface area contributed by atoms with Gasteiger partial charge < -0.3 is 15.1 Å². The molecule has 0 atom stereocenters. The summed E-state index contributed by atoms with van der Waals surface area (Å²) in [5, 5.41) is 3.41. The van der Waals surface area contributed by atoms with Crippen molar-refractivity contribution in [3.05, 3.63) is 0 Å². The van der Waals surface area contributed by atoms with Gasteiger partial charge in [0.1, 0.15) is 0 Å². The number of rotatable bonds is 6. The highest BCUT2D eigenvalue weighted by atomic mass is 16.2. The van der Waals surface area contributed by atoms with E-state index in [1.165, 1.54) is 45.4 Å². The Bertz CT molecular complexity index is 284. The topological polar surface area (TPSA) is 38.8 Å². The van der Waals surface area contributed by atoms with Crippen LogP contribution in [0.25, 0.3) is 0 Å². The standard InChI is InChI=1S/C15H30N4O/c1-17-11-13-18(14-12-17)10-7-16-6-5-15(20)19-8-3-2-4-9-19/h16H,2-14H2,1H3. The third-order valence-electron chi connectivity index (χ3n) is 4.43. The molecule has 5 heteroatoms. The lowest BCUT2D eigenvalue weighted by atomic mass is 10.1. The molecule has 0 spiro atoms. The van der Waals surface area contributed by atoms with Crippen molar-refractivity contribution < 1.29 is 4.79 Å². The minimum atomic E-state index is 0.330. The summed E-state index contributed by atoms with van der Waals surface area (Å²) in [6.07, 6.45) is 4.31. The van der Waals surface area contributed by atoms with E-state index in [0.29, 0.717) is 12.3 Å². The number of likely N-dealkylation sites (N-methyl/N-ethyl adjacent to an activating group) is 1. The first kappa shape index (κ1) is 15.7. The van der Waals surface area contributed by atoms with Crippen LogP contribution in [0.3, 0.4) is 0 Å². The molecule has 0 aromatic carbocycles. The van der Waals surface area contributed by atoms with Gasteiger partial charge in [0.2, 0.25) is 5.91 Å². The monoisotopic (exact) mass is 282 g/mol. The van der Waals surface area contributed by atoms with Crippen LogP contribution < -0.4 is 5.32 Å². The van der Waals surface area contributed by atoms with Gasteiger partial charge in [0, 0.05) is 65.3 Å². The molecule has 116 valence electrons. The number of carbonyl (C=O) groups excluding carboxylic acids is 1. The summed E-state index contributed by atoms with van der Waals surface area (Å²) >= 11 is 0. The van der Waals surface area contributed by atoms with Crippen LogP contribution in [0.1, 0.15) is 25.7 Å². The van der Waals surface area contributed by atoms with Crippen molar-refractivity contribution in [2.45, 2.75) is 25.7 Å². The third kappa shape index (κ3) is 5.38. The van der Waals surface area contributed by atoms with Gasteiger partial charge in [-0.1, -0.05) is 0 Å². The van der Waals surface area contributed by atoms with Gasteiger partial charge in [-0.3, -0.25) is 9.69 Å². The second kappa shape index (κ2) is 8.60. The molecule has 2 fully saturated rings. The number of amides is 1. The van der Waals surface area contributed by atoms with Crippen molar-refractivity contribution >= 4 is 5.91 Å². The molecule has 0 aliphatic carbocycles. The molecule has 1 amide bonds. The molecule has 2 rings (SSSR count). The second-order valence-corrected chi connectivity index (χ2v) is 6.09. The number of hydrogen-bond donors (Lipinski definition) is 1. The summed E-state index contributed by atoms with van der Waals surface area (Å²) in [6, 6.07) is 0. The molecule has 2 aliphatic rings. The summed E-state index contributed by atoms with van der Waals surface area (Å²) in [5.41, 5.74) is 0. The molecule has 2 aliphatic heterocycles. The van der Waals surface area contributed by atoms with E-state index in [-0.39, 0.29) is 0 Å². The Kier molecular flexibility index (Phi) is 6.76. The summed E-state index contributed by atoms with van der Waals surface area (Å²) in [4.78, 5) is 18.9. The van der Waals surface area contributed by atoms with Gasteiger partial charge in [-0.15, -0.1) is 0 Å². The van der Waals surface area contributed by atoms with Crippen LogP contribution in [0.4, 0.5) is 0 Å². The Hall–Kier alpha value is -0.650. The molecule has 0 radical (unpaired) electrons. The SMILES string of the molecule is CN1CCN(CCNCCC(=O)N2CCCCC2)CC1. The van der Waals surface area contributed by atoms with E-state index in [9.17, 15) is 4.79 Å². The van der Waals surface area contributed by atoms with E-state index < -0.39 is 0 Å². The number of carbonyl (C=O) groups is 1. The molecule has 0 unspecified atom stereocenters. The normalized spacial score (nSPS) is 22.1. The van der Waals surface area contributed by atoms with E-state index in [4.69, 9.17) is 0 Å². The molecular weight excluding hydrogens is 252 g/mol. The minimum Gasteiger partial charge on any atom is -0.343 e. The average Bonchev–Trinajstić information content (AvgIpc) is 2.49. The fourth-order valence-corrected chi connectivity index (χ4v) is 2.93. The maximum atomic E-state index is 12.0. The minimum absolute atomic E-state index is 0.330. The van der Waals surface area contributed by atoms with Gasteiger partial charge in [0.05, 0.1) is 0 Å². The molecule has 2 heterocycles. The number of piperidine rings is 1. The van der Waals surface area contributed by atoms with Crippen LogP contribution in [-0.2, 0) is 4.79 Å². The van der Waals surface area contributed by atoms with Crippen LogP contribution in [0.15, 0.2) is 0 Å². The highest BCUT2D eigenvalue weighted by molar-refractivity contribution is 5.76. The summed E-state index contributed by atoms with van der Waals surface area (Å²) in [5.74, 6) is 0.330. The molecule has 0 aromatic rings. The maximum Gasteiger partial charge on any atom is 0.223 e. The van der Waals surface area contributed by atoms with Gasteiger partial charge in [0.15, 0.2) is 0 Å². The molecule has 0 saturated carbocycles. The van der Waals surface area contributed by atoms with Crippen molar-refractivity contribution in [2.75, 3.05) is 66.0 Å². The highest BCUT2D eigenvalue weighted by Crippen LogP contribution is 2.09. The molecule has 0 bridgehead atoms. The van der Waals surface area contributed by atoms with Crippen LogP contribution >= 0.6 is 0 Å². The second-order valence-electron chi connectivity index (χ2n) is 6.09. The van der Waals surface area contributed by atoms with Gasteiger partial charge in [-0.05, 0) is 26.3 Å². The summed E-state index contributed by atoms with van der Waals surface area (Å²) < 4.78 is 0. The zero-order valence-electron chi connectivity index (χ0n) is 12.9. The van der Waals surface area contributed by atoms with E-state index in [2.05, 4.69) is 22.2 Å². The number of nitrogens with one attached hydrogen (secondary N) is 1. The van der Waals surface area contributed by atoms with E-state index in [0.717, 1.165) is 32.7 Å². The summed E-state index contributed by atoms with van der Waals surface area (Å²) in [7, 11) is 2.18. The van der Waals surface area contributed by atoms with Crippen molar-refractivity contribution in [3.63, 3.8) is 0 Å². The number of likely N-dealkylation sites (tertiary alicyclic amines) is 1. The first-order valence-electron chi connectivity index (χ1n) is 8.15. The van der Waals surface area contributed by atoms with Crippen molar-refractivity contribution in [3.8, 4) is 0 Å². The lowest BCUT2D eigenvalue weighted by Gasteiger charge is -2.32. The Morgan fingerprint density at radius 3 is 2.35 bits per heavy atom. The molecule has 1 N–H and O–H groups in total. The largest absolute Gasteiger partial charge is 0.343 e.